The van der Waals surface area contributed by atoms with Gasteiger partial charge < -0.3 is 10.2 Å². The van der Waals surface area contributed by atoms with Gasteiger partial charge in [0.1, 0.15) is 0 Å². The summed E-state index contributed by atoms with van der Waals surface area (Å²) in [5.41, 5.74) is 3.02. The molecule has 3 rings (SSSR count). The number of rotatable bonds is 6. The van der Waals surface area contributed by atoms with Gasteiger partial charge in [-0.3, -0.25) is 9.69 Å². The van der Waals surface area contributed by atoms with E-state index in [0.717, 1.165) is 24.7 Å². The van der Waals surface area contributed by atoms with Crippen LogP contribution < -0.4 is 10.2 Å². The van der Waals surface area contributed by atoms with Crippen LogP contribution >= 0.6 is 0 Å². The summed E-state index contributed by atoms with van der Waals surface area (Å²) < 4.78 is 0. The van der Waals surface area contributed by atoms with Gasteiger partial charge in [0.05, 0.1) is 6.04 Å². The van der Waals surface area contributed by atoms with E-state index in [1.807, 2.05) is 49.3 Å². The summed E-state index contributed by atoms with van der Waals surface area (Å²) in [5, 5.41) is 3.17. The number of benzene rings is 2. The van der Waals surface area contributed by atoms with Crippen LogP contribution in [0, 0.1) is 5.92 Å². The van der Waals surface area contributed by atoms with Crippen LogP contribution in [-0.4, -0.2) is 44.5 Å². The molecule has 1 saturated heterocycles. The number of hydrogen-bond acceptors (Lipinski definition) is 3. The van der Waals surface area contributed by atoms with Gasteiger partial charge in [0.2, 0.25) is 0 Å². The van der Waals surface area contributed by atoms with Gasteiger partial charge in [0, 0.05) is 31.9 Å². The fraction of sp³-hybridized carbons (Fsp3) is 0.435. The molecule has 1 N–H and O–H groups in total. The van der Waals surface area contributed by atoms with Crippen LogP contribution in [0.3, 0.4) is 0 Å². The van der Waals surface area contributed by atoms with Gasteiger partial charge in [-0.15, -0.1) is 0 Å². The minimum absolute atomic E-state index is 0.00925. The van der Waals surface area contributed by atoms with E-state index in [-0.39, 0.29) is 11.9 Å². The van der Waals surface area contributed by atoms with Gasteiger partial charge >= 0.3 is 0 Å². The highest BCUT2D eigenvalue weighted by Crippen LogP contribution is 2.26. The molecule has 0 spiro atoms. The third kappa shape index (κ3) is 5.10. The Morgan fingerprint density at radius 1 is 1.11 bits per heavy atom. The second kappa shape index (κ2) is 9.05. The number of nitrogens with one attached hydrogen (secondary N) is 1. The molecule has 1 aliphatic heterocycles. The van der Waals surface area contributed by atoms with E-state index in [9.17, 15) is 4.79 Å². The normalized spacial score (nSPS) is 16.7. The zero-order valence-electron chi connectivity index (χ0n) is 16.7. The molecule has 2 aromatic rings. The van der Waals surface area contributed by atoms with E-state index in [1.165, 1.54) is 18.4 Å². The van der Waals surface area contributed by atoms with Crippen LogP contribution in [0.5, 0.6) is 0 Å². The molecule has 4 nitrogen and oxygen atoms in total. The SMILES string of the molecule is CC1CCN(C(CNC(=O)c2cccc(N(C)C)c2)c2ccccc2)CC1. The Labute approximate surface area is 163 Å². The molecule has 1 amide bonds. The summed E-state index contributed by atoms with van der Waals surface area (Å²) in [6, 6.07) is 18.5. The molecule has 0 aromatic heterocycles. The molecule has 1 atom stereocenters. The van der Waals surface area contributed by atoms with Crippen molar-refractivity contribution in [2.24, 2.45) is 5.92 Å². The highest BCUT2D eigenvalue weighted by molar-refractivity contribution is 5.95. The van der Waals surface area contributed by atoms with Crippen molar-refractivity contribution in [3.63, 3.8) is 0 Å². The number of likely N-dealkylation sites (tertiary alicyclic amines) is 1. The van der Waals surface area contributed by atoms with Crippen molar-refractivity contribution < 1.29 is 4.79 Å². The molecule has 0 radical (unpaired) electrons. The van der Waals surface area contributed by atoms with Crippen LogP contribution in [0.2, 0.25) is 0 Å². The Kier molecular flexibility index (Phi) is 6.51. The maximum absolute atomic E-state index is 12.7. The molecule has 1 fully saturated rings. The number of piperidine rings is 1. The lowest BCUT2D eigenvalue weighted by atomic mass is 9.95. The number of carbonyl (C=O) groups excluding carboxylic acids is 1. The van der Waals surface area contributed by atoms with Crippen molar-refractivity contribution in [3.05, 3.63) is 65.7 Å². The molecule has 0 saturated carbocycles. The van der Waals surface area contributed by atoms with Crippen molar-refractivity contribution in [1.29, 1.82) is 0 Å². The second-order valence-electron chi connectivity index (χ2n) is 7.80. The Balaban J connectivity index is 1.71. The fourth-order valence-corrected chi connectivity index (χ4v) is 3.69. The first-order chi connectivity index (χ1) is 13.0. The molecule has 0 bridgehead atoms. The van der Waals surface area contributed by atoms with Gasteiger partial charge in [0.15, 0.2) is 0 Å². The summed E-state index contributed by atoms with van der Waals surface area (Å²) in [7, 11) is 3.97. The predicted molar refractivity (Wildman–Crippen MR) is 112 cm³/mol. The van der Waals surface area contributed by atoms with Gasteiger partial charge in [0.25, 0.3) is 5.91 Å². The van der Waals surface area contributed by atoms with E-state index < -0.39 is 0 Å². The van der Waals surface area contributed by atoms with Crippen LogP contribution in [0.25, 0.3) is 0 Å². The maximum Gasteiger partial charge on any atom is 0.251 e. The number of anilines is 1. The lowest BCUT2D eigenvalue weighted by Gasteiger charge is -2.37. The van der Waals surface area contributed by atoms with E-state index in [4.69, 9.17) is 0 Å². The zero-order valence-corrected chi connectivity index (χ0v) is 16.7. The molecule has 1 aliphatic rings. The lowest BCUT2D eigenvalue weighted by molar-refractivity contribution is 0.0913. The highest BCUT2D eigenvalue weighted by Gasteiger charge is 2.25. The summed E-state index contributed by atoms with van der Waals surface area (Å²) >= 11 is 0. The number of nitrogens with zero attached hydrogens (tertiary/aromatic N) is 2. The van der Waals surface area contributed by atoms with Crippen molar-refractivity contribution in [1.82, 2.24) is 10.2 Å². The van der Waals surface area contributed by atoms with Crippen molar-refractivity contribution in [2.45, 2.75) is 25.8 Å². The average Bonchev–Trinajstić information content (AvgIpc) is 2.70. The molecule has 144 valence electrons. The smallest absolute Gasteiger partial charge is 0.251 e. The minimum atomic E-state index is -0.00925. The van der Waals surface area contributed by atoms with Gasteiger partial charge in [-0.25, -0.2) is 0 Å². The largest absolute Gasteiger partial charge is 0.378 e. The van der Waals surface area contributed by atoms with Crippen LogP contribution in [0.15, 0.2) is 54.6 Å². The van der Waals surface area contributed by atoms with E-state index in [1.54, 1.807) is 0 Å². The van der Waals surface area contributed by atoms with Crippen LogP contribution in [0.4, 0.5) is 5.69 Å². The topological polar surface area (TPSA) is 35.6 Å². The minimum Gasteiger partial charge on any atom is -0.378 e. The average molecular weight is 366 g/mol. The van der Waals surface area contributed by atoms with E-state index in [0.29, 0.717) is 12.1 Å². The second-order valence-corrected chi connectivity index (χ2v) is 7.80. The van der Waals surface area contributed by atoms with Crippen LogP contribution in [-0.2, 0) is 0 Å². The third-order valence-corrected chi connectivity index (χ3v) is 5.52. The third-order valence-electron chi connectivity index (χ3n) is 5.52. The Hall–Kier alpha value is -2.33. The van der Waals surface area contributed by atoms with Gasteiger partial charge in [-0.2, -0.15) is 0 Å². The summed E-state index contributed by atoms with van der Waals surface area (Å²) in [6.45, 7) is 5.14. The Morgan fingerprint density at radius 3 is 2.48 bits per heavy atom. The van der Waals surface area contributed by atoms with Gasteiger partial charge in [-0.05, 0) is 55.6 Å². The van der Waals surface area contributed by atoms with E-state index in [2.05, 4.69) is 41.4 Å². The molecule has 1 heterocycles. The summed E-state index contributed by atoms with van der Waals surface area (Å²) in [6.07, 6.45) is 2.45. The molecular formula is C23H31N3O. The molecule has 27 heavy (non-hydrogen) atoms. The summed E-state index contributed by atoms with van der Waals surface area (Å²) in [5.74, 6) is 0.783. The molecule has 2 aromatic carbocycles. The predicted octanol–water partition coefficient (Wildman–Crippen LogP) is 3.96. The van der Waals surface area contributed by atoms with Crippen molar-refractivity contribution >= 4 is 11.6 Å². The first kappa shape index (κ1) is 19.4. The summed E-state index contributed by atoms with van der Waals surface area (Å²) in [4.78, 5) is 17.3. The Morgan fingerprint density at radius 2 is 1.81 bits per heavy atom. The lowest BCUT2D eigenvalue weighted by Crippen LogP contribution is -2.42. The number of hydrogen-bond donors (Lipinski definition) is 1. The van der Waals surface area contributed by atoms with Crippen LogP contribution in [0.1, 0.15) is 41.7 Å². The first-order valence-electron chi connectivity index (χ1n) is 9.89. The van der Waals surface area contributed by atoms with Crippen molar-refractivity contribution in [3.8, 4) is 0 Å². The standard InChI is InChI=1S/C23H31N3O/c1-18-12-14-26(15-13-18)22(19-8-5-4-6-9-19)17-24-23(27)20-10-7-11-21(16-20)25(2)3/h4-11,16,18,22H,12-15,17H2,1-3H3,(H,24,27). The highest BCUT2D eigenvalue weighted by atomic mass is 16.1. The molecular weight excluding hydrogens is 334 g/mol. The Bertz CT molecular complexity index is 736. The first-order valence-corrected chi connectivity index (χ1v) is 9.89. The van der Waals surface area contributed by atoms with Gasteiger partial charge in [-0.1, -0.05) is 43.3 Å². The number of amides is 1. The van der Waals surface area contributed by atoms with Crippen molar-refractivity contribution in [2.75, 3.05) is 38.6 Å². The quantitative estimate of drug-likeness (QED) is 0.842. The molecule has 1 unspecified atom stereocenters. The monoisotopic (exact) mass is 365 g/mol. The van der Waals surface area contributed by atoms with E-state index >= 15 is 0 Å². The maximum atomic E-state index is 12.7. The molecule has 0 aliphatic carbocycles. The fourth-order valence-electron chi connectivity index (χ4n) is 3.69. The number of carbonyl (C=O) groups is 1. The molecule has 4 heteroatoms. The zero-order chi connectivity index (χ0) is 19.2.